The molecule has 0 saturated carbocycles. The van der Waals surface area contributed by atoms with Gasteiger partial charge in [0, 0.05) is 30.1 Å². The Kier molecular flexibility index (Phi) is 5.03. The molecule has 0 bridgehead atoms. The van der Waals surface area contributed by atoms with Crippen molar-refractivity contribution in [1.29, 1.82) is 0 Å². The van der Waals surface area contributed by atoms with E-state index in [0.717, 1.165) is 42.2 Å². The SMILES string of the molecule is CNC1CCN(C(=O)Cc2csc(-c3cccc(F)c3)n2)CC1. The molecule has 0 radical (unpaired) electrons. The number of piperidine rings is 1. The first-order valence-corrected chi connectivity index (χ1v) is 8.69. The summed E-state index contributed by atoms with van der Waals surface area (Å²) in [6.45, 7) is 1.59. The number of amides is 1. The van der Waals surface area contributed by atoms with Gasteiger partial charge < -0.3 is 10.2 Å². The second kappa shape index (κ2) is 7.19. The van der Waals surface area contributed by atoms with Gasteiger partial charge in [-0.05, 0) is 32.0 Å². The zero-order valence-corrected chi connectivity index (χ0v) is 13.9. The topological polar surface area (TPSA) is 45.2 Å². The molecule has 1 saturated heterocycles. The molecule has 2 heterocycles. The van der Waals surface area contributed by atoms with Crippen molar-refractivity contribution in [2.24, 2.45) is 0 Å². The number of hydrogen-bond acceptors (Lipinski definition) is 4. The highest BCUT2D eigenvalue weighted by atomic mass is 32.1. The summed E-state index contributed by atoms with van der Waals surface area (Å²) in [4.78, 5) is 18.8. The predicted octanol–water partition coefficient (Wildman–Crippen LogP) is 2.70. The third-order valence-electron chi connectivity index (χ3n) is 4.21. The minimum atomic E-state index is -0.275. The van der Waals surface area contributed by atoms with Crippen LogP contribution in [0.4, 0.5) is 4.39 Å². The highest BCUT2D eigenvalue weighted by molar-refractivity contribution is 7.13. The van der Waals surface area contributed by atoms with Crippen LogP contribution in [0.3, 0.4) is 0 Å². The monoisotopic (exact) mass is 333 g/mol. The molecule has 0 aliphatic carbocycles. The van der Waals surface area contributed by atoms with Crippen molar-refractivity contribution < 1.29 is 9.18 Å². The van der Waals surface area contributed by atoms with E-state index in [9.17, 15) is 9.18 Å². The van der Waals surface area contributed by atoms with Gasteiger partial charge in [0.2, 0.25) is 5.91 Å². The molecule has 4 nitrogen and oxygen atoms in total. The van der Waals surface area contributed by atoms with E-state index < -0.39 is 0 Å². The Hall–Kier alpha value is -1.79. The maximum Gasteiger partial charge on any atom is 0.228 e. The second-order valence-electron chi connectivity index (χ2n) is 5.77. The number of rotatable bonds is 4. The van der Waals surface area contributed by atoms with Crippen LogP contribution >= 0.6 is 11.3 Å². The number of carbonyl (C=O) groups is 1. The fourth-order valence-electron chi connectivity index (χ4n) is 2.83. The Morgan fingerprint density at radius 3 is 2.91 bits per heavy atom. The normalized spacial score (nSPS) is 15.8. The molecule has 1 aromatic heterocycles. The summed E-state index contributed by atoms with van der Waals surface area (Å²) in [6, 6.07) is 6.89. The molecule has 0 spiro atoms. The van der Waals surface area contributed by atoms with E-state index in [-0.39, 0.29) is 11.7 Å². The molecule has 1 aliphatic rings. The quantitative estimate of drug-likeness (QED) is 0.936. The van der Waals surface area contributed by atoms with Crippen LogP contribution in [0.2, 0.25) is 0 Å². The highest BCUT2D eigenvalue weighted by Crippen LogP contribution is 2.24. The van der Waals surface area contributed by atoms with Crippen LogP contribution < -0.4 is 5.32 Å². The summed E-state index contributed by atoms with van der Waals surface area (Å²) in [7, 11) is 1.96. The van der Waals surface area contributed by atoms with Crippen molar-refractivity contribution in [3.63, 3.8) is 0 Å². The average Bonchev–Trinajstić information content (AvgIpc) is 3.03. The summed E-state index contributed by atoms with van der Waals surface area (Å²) < 4.78 is 13.3. The van der Waals surface area contributed by atoms with Crippen molar-refractivity contribution >= 4 is 17.2 Å². The van der Waals surface area contributed by atoms with Crippen molar-refractivity contribution in [2.75, 3.05) is 20.1 Å². The van der Waals surface area contributed by atoms with Gasteiger partial charge in [-0.3, -0.25) is 4.79 Å². The van der Waals surface area contributed by atoms with Gasteiger partial charge >= 0.3 is 0 Å². The second-order valence-corrected chi connectivity index (χ2v) is 6.63. The first-order valence-electron chi connectivity index (χ1n) is 7.81. The number of nitrogens with zero attached hydrogens (tertiary/aromatic N) is 2. The number of halogens is 1. The smallest absolute Gasteiger partial charge is 0.228 e. The number of benzene rings is 1. The summed E-state index contributed by atoms with van der Waals surface area (Å²) in [5.41, 5.74) is 1.51. The van der Waals surface area contributed by atoms with Gasteiger partial charge in [0.05, 0.1) is 12.1 Å². The van der Waals surface area contributed by atoms with Gasteiger partial charge in [0.25, 0.3) is 0 Å². The van der Waals surface area contributed by atoms with Crippen LogP contribution in [0.1, 0.15) is 18.5 Å². The molecular formula is C17H20FN3OS. The Morgan fingerprint density at radius 1 is 1.43 bits per heavy atom. The van der Waals surface area contributed by atoms with Gasteiger partial charge in [-0.2, -0.15) is 0 Å². The van der Waals surface area contributed by atoms with E-state index in [2.05, 4.69) is 10.3 Å². The number of thiazole rings is 1. The maximum absolute atomic E-state index is 13.3. The van der Waals surface area contributed by atoms with Gasteiger partial charge in [-0.15, -0.1) is 11.3 Å². The van der Waals surface area contributed by atoms with E-state index >= 15 is 0 Å². The lowest BCUT2D eigenvalue weighted by Gasteiger charge is -2.31. The van der Waals surface area contributed by atoms with E-state index in [1.807, 2.05) is 23.4 Å². The third-order valence-corrected chi connectivity index (χ3v) is 5.15. The van der Waals surface area contributed by atoms with Crippen LogP contribution in [-0.4, -0.2) is 42.0 Å². The molecule has 6 heteroatoms. The highest BCUT2D eigenvalue weighted by Gasteiger charge is 2.22. The molecule has 122 valence electrons. The molecule has 1 fully saturated rings. The zero-order chi connectivity index (χ0) is 16.2. The number of likely N-dealkylation sites (tertiary alicyclic amines) is 1. The van der Waals surface area contributed by atoms with E-state index in [4.69, 9.17) is 0 Å². The molecule has 1 N–H and O–H groups in total. The first kappa shape index (κ1) is 16.1. The summed E-state index contributed by atoms with van der Waals surface area (Å²) in [6.07, 6.45) is 2.30. The lowest BCUT2D eigenvalue weighted by atomic mass is 10.0. The van der Waals surface area contributed by atoms with Crippen LogP contribution in [-0.2, 0) is 11.2 Å². The Labute approximate surface area is 139 Å². The van der Waals surface area contributed by atoms with Gasteiger partial charge in [-0.1, -0.05) is 12.1 Å². The van der Waals surface area contributed by atoms with Crippen LogP contribution in [0, 0.1) is 5.82 Å². The predicted molar refractivity (Wildman–Crippen MR) is 89.9 cm³/mol. The van der Waals surface area contributed by atoms with Gasteiger partial charge in [0.1, 0.15) is 10.8 Å². The number of carbonyl (C=O) groups excluding carboxylic acids is 1. The minimum absolute atomic E-state index is 0.121. The lowest BCUT2D eigenvalue weighted by Crippen LogP contribution is -2.44. The fraction of sp³-hybridized carbons (Fsp3) is 0.412. The van der Waals surface area contributed by atoms with Crippen LogP contribution in [0.15, 0.2) is 29.6 Å². The molecular weight excluding hydrogens is 313 g/mol. The maximum atomic E-state index is 13.3. The van der Waals surface area contributed by atoms with Crippen LogP contribution in [0.5, 0.6) is 0 Å². The summed E-state index contributed by atoms with van der Waals surface area (Å²) in [5.74, 6) is -0.154. The van der Waals surface area contributed by atoms with Crippen molar-refractivity contribution in [1.82, 2.24) is 15.2 Å². The zero-order valence-electron chi connectivity index (χ0n) is 13.1. The van der Waals surface area contributed by atoms with E-state index in [0.29, 0.717) is 12.5 Å². The summed E-state index contributed by atoms with van der Waals surface area (Å²) >= 11 is 1.45. The molecule has 3 rings (SSSR count). The third kappa shape index (κ3) is 3.95. The number of hydrogen-bond donors (Lipinski definition) is 1. The molecule has 23 heavy (non-hydrogen) atoms. The Bertz CT molecular complexity index is 680. The van der Waals surface area contributed by atoms with Gasteiger partial charge in [-0.25, -0.2) is 9.37 Å². The fourth-order valence-corrected chi connectivity index (χ4v) is 3.64. The number of aromatic nitrogens is 1. The van der Waals surface area contributed by atoms with E-state index in [1.54, 1.807) is 6.07 Å². The lowest BCUT2D eigenvalue weighted by molar-refractivity contribution is -0.131. The molecule has 0 atom stereocenters. The summed E-state index contributed by atoms with van der Waals surface area (Å²) in [5, 5.41) is 5.90. The minimum Gasteiger partial charge on any atom is -0.342 e. The van der Waals surface area contributed by atoms with Gasteiger partial charge in [0.15, 0.2) is 0 Å². The first-order chi connectivity index (χ1) is 11.2. The van der Waals surface area contributed by atoms with Crippen molar-refractivity contribution in [3.8, 4) is 10.6 Å². The largest absolute Gasteiger partial charge is 0.342 e. The molecule has 1 aromatic carbocycles. The van der Waals surface area contributed by atoms with Crippen molar-refractivity contribution in [2.45, 2.75) is 25.3 Å². The Morgan fingerprint density at radius 2 is 2.22 bits per heavy atom. The molecule has 1 amide bonds. The Balaban J connectivity index is 1.62. The van der Waals surface area contributed by atoms with Crippen molar-refractivity contribution in [3.05, 3.63) is 41.2 Å². The standard InChI is InChI=1S/C17H20FN3OS/c1-19-14-5-7-21(8-6-14)16(22)10-15-11-23-17(20-15)12-3-2-4-13(18)9-12/h2-4,9,11,14,19H,5-8,10H2,1H3. The average molecular weight is 333 g/mol. The molecule has 2 aromatic rings. The number of nitrogens with one attached hydrogen (secondary N) is 1. The van der Waals surface area contributed by atoms with Crippen LogP contribution in [0.25, 0.3) is 10.6 Å². The molecule has 0 unspecified atom stereocenters. The van der Waals surface area contributed by atoms with E-state index in [1.165, 1.54) is 23.5 Å². The molecule has 1 aliphatic heterocycles.